The molecule has 0 bridgehead atoms. The standard InChI is InChI=1S/C20H21NO3S/c1-24-16-6-3-14(4-7-16)17-11-20(9-10-20)12-18(17)15-5-8-19(21-13-15)25(2,22)23/h3-8,13H,9-12H2,1-2H3. The zero-order valence-corrected chi connectivity index (χ0v) is 15.3. The summed E-state index contributed by atoms with van der Waals surface area (Å²) >= 11 is 0. The molecule has 25 heavy (non-hydrogen) atoms. The van der Waals surface area contributed by atoms with E-state index in [1.165, 1.54) is 35.8 Å². The van der Waals surface area contributed by atoms with Crippen molar-refractivity contribution < 1.29 is 13.2 Å². The SMILES string of the molecule is COc1ccc(C2=C(c3ccc(S(C)(=O)=O)nc3)CC3(CC3)C2)cc1. The third-order valence-corrected chi connectivity index (χ3v) is 6.33. The van der Waals surface area contributed by atoms with Gasteiger partial charge in [0.05, 0.1) is 7.11 Å². The van der Waals surface area contributed by atoms with Crippen LogP contribution in [0.2, 0.25) is 0 Å². The average molecular weight is 355 g/mol. The molecule has 4 rings (SSSR count). The van der Waals surface area contributed by atoms with Crippen molar-refractivity contribution >= 4 is 21.0 Å². The maximum absolute atomic E-state index is 11.6. The molecule has 5 heteroatoms. The second-order valence-corrected chi connectivity index (χ2v) is 9.16. The molecule has 2 aromatic rings. The molecule has 4 nitrogen and oxygen atoms in total. The number of aromatic nitrogens is 1. The number of nitrogens with zero attached hydrogens (tertiary/aromatic N) is 1. The van der Waals surface area contributed by atoms with E-state index in [-0.39, 0.29) is 5.03 Å². The Bertz CT molecular complexity index is 937. The van der Waals surface area contributed by atoms with Crippen LogP contribution in [0.15, 0.2) is 47.6 Å². The number of benzene rings is 1. The van der Waals surface area contributed by atoms with E-state index in [0.29, 0.717) is 5.41 Å². The minimum absolute atomic E-state index is 0.127. The third-order valence-electron chi connectivity index (χ3n) is 5.33. The van der Waals surface area contributed by atoms with Crippen LogP contribution >= 0.6 is 0 Å². The lowest BCUT2D eigenvalue weighted by molar-refractivity contribution is 0.415. The number of ether oxygens (including phenoxy) is 1. The Balaban J connectivity index is 1.75. The van der Waals surface area contributed by atoms with Crippen molar-refractivity contribution in [1.29, 1.82) is 0 Å². The van der Waals surface area contributed by atoms with Crippen LogP contribution in [0.4, 0.5) is 0 Å². The van der Waals surface area contributed by atoms with E-state index in [2.05, 4.69) is 17.1 Å². The van der Waals surface area contributed by atoms with Gasteiger partial charge < -0.3 is 4.74 Å². The molecule has 0 saturated heterocycles. The topological polar surface area (TPSA) is 56.3 Å². The molecule has 2 aliphatic carbocycles. The minimum Gasteiger partial charge on any atom is -0.497 e. The maximum Gasteiger partial charge on any atom is 0.192 e. The molecule has 0 atom stereocenters. The molecule has 0 radical (unpaired) electrons. The first-order valence-corrected chi connectivity index (χ1v) is 10.3. The Morgan fingerprint density at radius 2 is 1.56 bits per heavy atom. The molecular weight excluding hydrogens is 334 g/mol. The molecule has 1 aromatic carbocycles. The average Bonchev–Trinajstić information content (AvgIpc) is 3.25. The monoisotopic (exact) mass is 355 g/mol. The van der Waals surface area contributed by atoms with Crippen LogP contribution in [-0.2, 0) is 9.84 Å². The molecule has 0 amide bonds. The molecule has 1 spiro atoms. The van der Waals surface area contributed by atoms with Crippen molar-refractivity contribution in [1.82, 2.24) is 4.98 Å². The van der Waals surface area contributed by atoms with Crippen molar-refractivity contribution in [2.45, 2.75) is 30.7 Å². The van der Waals surface area contributed by atoms with Crippen molar-refractivity contribution in [3.05, 3.63) is 53.7 Å². The lowest BCUT2D eigenvalue weighted by Gasteiger charge is -2.09. The predicted molar refractivity (Wildman–Crippen MR) is 98.1 cm³/mol. The van der Waals surface area contributed by atoms with E-state index in [4.69, 9.17) is 4.74 Å². The first-order chi connectivity index (χ1) is 11.9. The van der Waals surface area contributed by atoms with Crippen LogP contribution < -0.4 is 4.74 Å². The highest BCUT2D eigenvalue weighted by molar-refractivity contribution is 7.90. The van der Waals surface area contributed by atoms with E-state index in [9.17, 15) is 8.42 Å². The van der Waals surface area contributed by atoms with Crippen LogP contribution in [0.1, 0.15) is 36.8 Å². The highest BCUT2D eigenvalue weighted by atomic mass is 32.2. The molecular formula is C20H21NO3S. The summed E-state index contributed by atoms with van der Waals surface area (Å²) < 4.78 is 28.5. The fourth-order valence-electron chi connectivity index (χ4n) is 3.68. The highest BCUT2D eigenvalue weighted by Gasteiger charge is 2.48. The first kappa shape index (κ1) is 16.3. The molecule has 0 unspecified atom stereocenters. The van der Waals surface area contributed by atoms with Crippen LogP contribution in [0.3, 0.4) is 0 Å². The van der Waals surface area contributed by atoms with Crippen LogP contribution in [0, 0.1) is 5.41 Å². The number of hydrogen-bond acceptors (Lipinski definition) is 4. The summed E-state index contributed by atoms with van der Waals surface area (Å²) in [6, 6.07) is 11.7. The van der Waals surface area contributed by atoms with E-state index in [1.807, 2.05) is 18.2 Å². The second-order valence-electron chi connectivity index (χ2n) is 7.20. The molecule has 0 aliphatic heterocycles. The summed E-state index contributed by atoms with van der Waals surface area (Å²) in [5.74, 6) is 0.851. The maximum atomic E-state index is 11.6. The molecule has 1 aromatic heterocycles. The molecule has 1 heterocycles. The predicted octanol–water partition coefficient (Wildman–Crippen LogP) is 3.98. The van der Waals surface area contributed by atoms with Gasteiger partial charge >= 0.3 is 0 Å². The van der Waals surface area contributed by atoms with Gasteiger partial charge in [0.1, 0.15) is 5.75 Å². The van der Waals surface area contributed by atoms with Crippen LogP contribution in [0.25, 0.3) is 11.1 Å². The van der Waals surface area contributed by atoms with Gasteiger partial charge in [-0.15, -0.1) is 0 Å². The number of methoxy groups -OCH3 is 1. The molecule has 1 saturated carbocycles. The van der Waals surface area contributed by atoms with Gasteiger partial charge in [-0.25, -0.2) is 13.4 Å². The summed E-state index contributed by atoms with van der Waals surface area (Å²) in [6.45, 7) is 0. The first-order valence-electron chi connectivity index (χ1n) is 8.43. The van der Waals surface area contributed by atoms with Gasteiger partial charge in [0, 0.05) is 12.5 Å². The normalized spacial score (nSPS) is 18.6. The Labute approximate surface area is 148 Å². The van der Waals surface area contributed by atoms with Gasteiger partial charge in [0.2, 0.25) is 0 Å². The van der Waals surface area contributed by atoms with E-state index in [0.717, 1.165) is 24.2 Å². The largest absolute Gasteiger partial charge is 0.497 e. The lowest BCUT2D eigenvalue weighted by atomic mass is 9.98. The number of hydrogen-bond donors (Lipinski definition) is 0. The van der Waals surface area contributed by atoms with Crippen molar-refractivity contribution in [2.75, 3.05) is 13.4 Å². The van der Waals surface area contributed by atoms with Gasteiger partial charge in [0.25, 0.3) is 0 Å². The summed E-state index contributed by atoms with van der Waals surface area (Å²) in [6.07, 6.45) is 7.56. The smallest absolute Gasteiger partial charge is 0.192 e. The molecule has 0 N–H and O–H groups in total. The fourth-order valence-corrected chi connectivity index (χ4v) is 4.24. The minimum atomic E-state index is -3.27. The second kappa shape index (κ2) is 5.70. The van der Waals surface area contributed by atoms with Crippen molar-refractivity contribution in [3.63, 3.8) is 0 Å². The Kier molecular flexibility index (Phi) is 3.72. The van der Waals surface area contributed by atoms with Gasteiger partial charge in [-0.05, 0) is 71.6 Å². The Hall–Kier alpha value is -2.14. The van der Waals surface area contributed by atoms with Crippen molar-refractivity contribution in [3.8, 4) is 5.75 Å². The highest BCUT2D eigenvalue weighted by Crippen LogP contribution is 2.63. The Morgan fingerprint density at radius 3 is 2.04 bits per heavy atom. The van der Waals surface area contributed by atoms with Crippen LogP contribution in [0.5, 0.6) is 5.75 Å². The fraction of sp³-hybridized carbons (Fsp3) is 0.350. The quantitative estimate of drug-likeness (QED) is 0.832. The van der Waals surface area contributed by atoms with Gasteiger partial charge in [-0.3, -0.25) is 0 Å². The van der Waals surface area contributed by atoms with E-state index < -0.39 is 9.84 Å². The number of rotatable bonds is 4. The zero-order valence-electron chi connectivity index (χ0n) is 14.5. The van der Waals surface area contributed by atoms with Gasteiger partial charge in [-0.2, -0.15) is 0 Å². The van der Waals surface area contributed by atoms with Crippen molar-refractivity contribution in [2.24, 2.45) is 5.41 Å². The Morgan fingerprint density at radius 1 is 0.960 bits per heavy atom. The summed E-state index contributed by atoms with van der Waals surface area (Å²) in [7, 11) is -1.60. The number of sulfone groups is 1. The zero-order chi connectivity index (χ0) is 17.7. The van der Waals surface area contributed by atoms with Gasteiger partial charge in [0.15, 0.2) is 14.9 Å². The molecule has 2 aliphatic rings. The summed E-state index contributed by atoms with van der Waals surface area (Å²) in [5, 5.41) is 0.127. The lowest BCUT2D eigenvalue weighted by Crippen LogP contribution is -2.00. The summed E-state index contributed by atoms with van der Waals surface area (Å²) in [5.41, 5.74) is 5.32. The molecule has 130 valence electrons. The number of allylic oxidation sites excluding steroid dienone is 2. The van der Waals surface area contributed by atoms with E-state index >= 15 is 0 Å². The molecule has 1 fully saturated rings. The van der Waals surface area contributed by atoms with Crippen LogP contribution in [-0.4, -0.2) is 26.8 Å². The third kappa shape index (κ3) is 3.09. The number of pyridine rings is 1. The summed E-state index contributed by atoms with van der Waals surface area (Å²) in [4.78, 5) is 4.18. The van der Waals surface area contributed by atoms with E-state index in [1.54, 1.807) is 19.4 Å². The van der Waals surface area contributed by atoms with Gasteiger partial charge in [-0.1, -0.05) is 18.2 Å².